The van der Waals surface area contributed by atoms with Gasteiger partial charge in [0.15, 0.2) is 28.9 Å². The van der Waals surface area contributed by atoms with E-state index in [1.54, 1.807) is 6.26 Å². The van der Waals surface area contributed by atoms with E-state index in [0.717, 1.165) is 6.92 Å². The van der Waals surface area contributed by atoms with E-state index >= 15 is 0 Å². The highest BCUT2D eigenvalue weighted by Crippen LogP contribution is 2.22. The Morgan fingerprint density at radius 1 is 0.516 bits per heavy atom. The van der Waals surface area contributed by atoms with Crippen molar-refractivity contribution in [1.29, 1.82) is 0 Å². The Balaban J connectivity index is 3.13. The van der Waals surface area contributed by atoms with Crippen LogP contribution in [0.25, 0.3) is 0 Å². The first-order chi connectivity index (χ1) is 42.6. The van der Waals surface area contributed by atoms with Crippen LogP contribution in [0.4, 0.5) is 0 Å². The fourth-order valence-corrected chi connectivity index (χ4v) is 10.3. The maximum Gasteiger partial charge on any atom is 0.303 e. The Hall–Kier alpha value is -8.03. The van der Waals surface area contributed by atoms with Crippen LogP contribution in [-0.4, -0.2) is 211 Å². The third-order valence-electron chi connectivity index (χ3n) is 14.5. The Labute approximate surface area is 530 Å². The average Bonchev–Trinajstić information content (AvgIpc) is 1.98. The Bertz CT molecular complexity index is 2630. The lowest BCUT2D eigenvalue weighted by molar-refractivity contribution is -0.142. The van der Waals surface area contributed by atoms with Crippen LogP contribution in [0.5, 0.6) is 0 Å². The van der Waals surface area contributed by atoms with Crippen LogP contribution in [0.1, 0.15) is 163 Å². The van der Waals surface area contributed by atoms with Gasteiger partial charge in [-0.15, -0.1) is 0 Å². The topological polar surface area (TPSA) is 493 Å². The summed E-state index contributed by atoms with van der Waals surface area (Å²) < 4.78 is 5.56. The van der Waals surface area contributed by atoms with E-state index in [1.807, 2.05) is 13.8 Å². The fraction of sp³-hybridized carbons (Fsp3) is 0.695. The van der Waals surface area contributed by atoms with Crippen molar-refractivity contribution >= 4 is 118 Å². The summed E-state index contributed by atoms with van der Waals surface area (Å²) in [5, 5.41) is 61.8. The molecule has 0 aromatic rings. The van der Waals surface area contributed by atoms with E-state index in [9.17, 15) is 107 Å². The molecule has 0 spiro atoms. The van der Waals surface area contributed by atoms with Crippen molar-refractivity contribution in [2.24, 2.45) is 23.7 Å². The van der Waals surface area contributed by atoms with Crippen molar-refractivity contribution in [3.05, 3.63) is 0 Å². The number of carboxylic acid groups (broad SMARTS) is 5. The third kappa shape index (κ3) is 34.1. The van der Waals surface area contributed by atoms with Crippen LogP contribution >= 0.6 is 11.8 Å². The monoisotopic (exact) mass is 1310 g/mol. The predicted molar refractivity (Wildman–Crippen MR) is 320 cm³/mol. The number of Topliss-reactive ketones (excluding diaryl/α,β-unsaturated/α-hetero) is 6. The van der Waals surface area contributed by atoms with Crippen molar-refractivity contribution in [3.8, 4) is 0 Å². The minimum absolute atomic E-state index is 0.0939. The van der Waals surface area contributed by atoms with Crippen molar-refractivity contribution in [2.45, 2.75) is 199 Å². The Morgan fingerprint density at radius 2 is 0.978 bits per heavy atom. The molecule has 1 saturated heterocycles. The van der Waals surface area contributed by atoms with E-state index in [4.69, 9.17) is 9.84 Å². The van der Waals surface area contributed by atoms with Gasteiger partial charge in [0.2, 0.25) is 41.4 Å². The van der Waals surface area contributed by atoms with Crippen LogP contribution in [0.2, 0.25) is 0 Å². The quantitative estimate of drug-likeness (QED) is 0.0365. The number of rotatable bonds is 50. The first-order valence-electron chi connectivity index (χ1n) is 30.0. The number of ketones is 6. The number of carbonyl (C=O) groups is 18. The number of ether oxygens (including phenoxy) is 1. The molecule has 1 aliphatic rings. The van der Waals surface area contributed by atoms with Gasteiger partial charge in [-0.3, -0.25) is 86.3 Å². The molecule has 91 heavy (non-hydrogen) atoms. The average molecular weight is 1310 g/mol. The molecule has 0 aromatic heterocycles. The number of thioether (sulfide) groups is 1. The zero-order valence-corrected chi connectivity index (χ0v) is 53.1. The normalized spacial score (nSPS) is 15.4. The van der Waals surface area contributed by atoms with Gasteiger partial charge in [-0.25, -0.2) is 0 Å². The highest BCUT2D eigenvalue weighted by atomic mass is 32.2. The van der Waals surface area contributed by atoms with E-state index in [1.165, 1.54) is 30.5 Å². The smallest absolute Gasteiger partial charge is 0.303 e. The van der Waals surface area contributed by atoms with Crippen molar-refractivity contribution in [1.82, 2.24) is 36.8 Å². The second-order valence-corrected chi connectivity index (χ2v) is 23.8. The molecule has 0 aromatic carbocycles. The second-order valence-electron chi connectivity index (χ2n) is 22.9. The van der Waals surface area contributed by atoms with Gasteiger partial charge in [0, 0.05) is 114 Å². The zero-order chi connectivity index (χ0) is 69.1. The molecule has 0 saturated carbocycles. The zero-order valence-electron chi connectivity index (χ0n) is 52.3. The number of hydrogen-bond acceptors (Lipinski definition) is 20. The highest BCUT2D eigenvalue weighted by Gasteiger charge is 2.38. The van der Waals surface area contributed by atoms with Crippen molar-refractivity contribution in [2.75, 3.05) is 38.3 Å². The molecule has 32 heteroatoms. The number of hydrogen-bond donors (Lipinski definition) is 11. The van der Waals surface area contributed by atoms with Gasteiger partial charge in [-0.2, -0.15) is 11.8 Å². The summed E-state index contributed by atoms with van der Waals surface area (Å²) in [6.07, 6.45) is -6.45. The molecule has 1 fully saturated rings. The number of aliphatic carboxylic acids is 5. The van der Waals surface area contributed by atoms with E-state index in [2.05, 4.69) is 31.9 Å². The first kappa shape index (κ1) is 81.0. The summed E-state index contributed by atoms with van der Waals surface area (Å²) in [6, 6.07) is -7.72. The summed E-state index contributed by atoms with van der Waals surface area (Å²) in [7, 11) is 0. The highest BCUT2D eigenvalue weighted by molar-refractivity contribution is 7.98. The number of likely N-dealkylation sites (tertiary alicyclic amines) is 1. The lowest BCUT2D eigenvalue weighted by Gasteiger charge is -2.27. The molecule has 31 nitrogen and oxygen atoms in total. The van der Waals surface area contributed by atoms with Crippen LogP contribution < -0.4 is 31.9 Å². The standard InChI is InChI=1S/C59H89N7O24S/c1-32(2)25-41(45(70)16-17-49(74)62-42(31-91-6)46(71)26-33(3)56(86)60-29-34(4)67)65-59(89)43-9-7-23-66(43)50(75)30-90-24-8-10-44(69)38(13-20-53(80)81)63-57(87)37(12-19-52(78)79)28-48(73)40(15-22-55(84)85)64-58(88)36(11-18-51(76)77)27-47(72)39(61-35(5)68)14-21-54(82)83/h32-33,36-43H,7-31H2,1-6H3,(H,60,86)(H,61,68)(H,62,74)(H,63,87)(H,64,88)(H,65,89)(H,76,77)(H,78,79)(H,80,81)(H,82,83)(H,84,85)/t33-,36+,37+,38-,39-,40-,41+,42+,43+/m1/s1. The minimum Gasteiger partial charge on any atom is -0.481 e. The van der Waals surface area contributed by atoms with Gasteiger partial charge < -0.3 is 67.1 Å². The van der Waals surface area contributed by atoms with Crippen molar-refractivity contribution in [3.63, 3.8) is 0 Å². The lowest BCUT2D eigenvalue weighted by Crippen LogP contribution is -2.52. The van der Waals surface area contributed by atoms with Crippen LogP contribution in [0.3, 0.4) is 0 Å². The number of amides is 7. The molecule has 0 aliphatic carbocycles. The molecule has 1 rings (SSSR count). The molecule has 1 aliphatic heterocycles. The molecule has 11 N–H and O–H groups in total. The second kappa shape index (κ2) is 42.9. The number of carbonyl (C=O) groups excluding carboxylic acids is 13. The molecule has 9 atom stereocenters. The van der Waals surface area contributed by atoms with Crippen molar-refractivity contribution < 1.29 is 117 Å². The van der Waals surface area contributed by atoms with Crippen LogP contribution in [-0.2, 0) is 91.0 Å². The molecular weight excluding hydrogens is 1220 g/mol. The summed E-state index contributed by atoms with van der Waals surface area (Å²) in [5.41, 5.74) is 0. The third-order valence-corrected chi connectivity index (χ3v) is 15.2. The Morgan fingerprint density at radius 3 is 1.44 bits per heavy atom. The van der Waals surface area contributed by atoms with E-state index in [-0.39, 0.29) is 82.1 Å². The number of nitrogens with one attached hydrogen (secondary N) is 6. The van der Waals surface area contributed by atoms with Gasteiger partial charge in [0.05, 0.1) is 36.8 Å². The molecule has 1 heterocycles. The fourth-order valence-electron chi connectivity index (χ4n) is 9.68. The SMILES string of the molecule is CSC[C@H](NC(=O)CCC(=O)[C@H](CC(C)C)NC(=O)[C@@H]1CCCN1C(=O)COCCCC(=O)[C@@H](CCC(=O)O)NC(=O)[C@@H](CCC(=O)O)CC(=O)[C@@H](CCC(=O)O)NC(=O)[C@@H](CCC(=O)O)CC(=O)[C@@H](CCC(=O)O)NC(C)=O)C(=O)C[C@@H](C)C(=O)NCC(C)=O. The predicted octanol–water partition coefficient (Wildman–Crippen LogP) is 0.321. The van der Waals surface area contributed by atoms with Crippen LogP contribution in [0, 0.1) is 23.7 Å². The molecule has 510 valence electrons. The summed E-state index contributed by atoms with van der Waals surface area (Å²) >= 11 is 1.28. The van der Waals surface area contributed by atoms with Gasteiger partial charge in [0.25, 0.3) is 0 Å². The maximum absolute atomic E-state index is 14.0. The molecule has 7 amide bonds. The summed E-state index contributed by atoms with van der Waals surface area (Å²) in [6.45, 7) is 6.65. The molecular formula is C59H89N7O24S. The molecule has 0 unspecified atom stereocenters. The van der Waals surface area contributed by atoms with Gasteiger partial charge >= 0.3 is 29.8 Å². The summed E-state index contributed by atoms with van der Waals surface area (Å²) in [5.74, 6) is -19.9. The minimum atomic E-state index is -1.75. The van der Waals surface area contributed by atoms with Gasteiger partial charge in [-0.1, -0.05) is 20.8 Å². The lowest BCUT2D eigenvalue weighted by atomic mass is 9.89. The summed E-state index contributed by atoms with van der Waals surface area (Å²) in [4.78, 5) is 230. The number of nitrogens with zero attached hydrogens (tertiary/aromatic N) is 1. The Kier molecular flexibility index (Phi) is 38.1. The molecule has 0 bridgehead atoms. The maximum atomic E-state index is 14.0. The van der Waals surface area contributed by atoms with Gasteiger partial charge in [0.1, 0.15) is 18.4 Å². The van der Waals surface area contributed by atoms with E-state index < -0.39 is 238 Å². The number of carboxylic acids is 5. The van der Waals surface area contributed by atoms with Gasteiger partial charge in [-0.05, 0) is 76.9 Å². The van der Waals surface area contributed by atoms with E-state index in [0.29, 0.717) is 6.42 Å². The molecule has 0 radical (unpaired) electrons. The largest absolute Gasteiger partial charge is 0.481 e. The van der Waals surface area contributed by atoms with Crippen LogP contribution in [0.15, 0.2) is 0 Å². The first-order valence-corrected chi connectivity index (χ1v) is 31.4.